The molecule has 1 rings (SSSR count). The SMILES string of the molecule is CC(C)(O)C(C)(C)OB(O)c1ccc(N)cc1F. The molecule has 6 heteroatoms. The highest BCUT2D eigenvalue weighted by molar-refractivity contribution is 6.60. The maximum Gasteiger partial charge on any atom is 0.494 e. The fraction of sp³-hybridized carbons (Fsp3) is 0.500. The molecule has 0 aliphatic carbocycles. The molecule has 0 spiro atoms. The third-order valence-electron chi connectivity index (χ3n) is 3.17. The number of benzene rings is 1. The summed E-state index contributed by atoms with van der Waals surface area (Å²) in [6.45, 7) is 6.34. The van der Waals surface area contributed by atoms with Gasteiger partial charge in [0.05, 0.1) is 11.2 Å². The van der Waals surface area contributed by atoms with Crippen molar-refractivity contribution in [2.75, 3.05) is 5.73 Å². The Morgan fingerprint density at radius 2 is 1.83 bits per heavy atom. The Morgan fingerprint density at radius 1 is 1.28 bits per heavy atom. The summed E-state index contributed by atoms with van der Waals surface area (Å²) in [5.41, 5.74) is 3.45. The van der Waals surface area contributed by atoms with Gasteiger partial charge in [0, 0.05) is 11.2 Å². The molecule has 0 amide bonds. The summed E-state index contributed by atoms with van der Waals surface area (Å²) in [5, 5.41) is 19.8. The summed E-state index contributed by atoms with van der Waals surface area (Å²) in [4.78, 5) is 0. The van der Waals surface area contributed by atoms with Gasteiger partial charge in [-0.1, -0.05) is 6.07 Å². The fourth-order valence-corrected chi connectivity index (χ4v) is 1.23. The molecule has 0 aliphatic heterocycles. The normalized spacial score (nSPS) is 12.6. The van der Waals surface area contributed by atoms with Crippen molar-refractivity contribution < 1.29 is 19.2 Å². The van der Waals surface area contributed by atoms with Crippen LogP contribution in [-0.4, -0.2) is 28.5 Å². The molecule has 0 unspecified atom stereocenters. The molecule has 1 aromatic carbocycles. The third kappa shape index (κ3) is 3.22. The lowest BCUT2D eigenvalue weighted by Crippen LogP contribution is -2.53. The minimum absolute atomic E-state index is 0.0125. The zero-order chi connectivity index (χ0) is 14.1. The van der Waals surface area contributed by atoms with Gasteiger partial charge < -0.3 is 20.5 Å². The van der Waals surface area contributed by atoms with Crippen LogP contribution in [-0.2, 0) is 4.65 Å². The summed E-state index contributed by atoms with van der Waals surface area (Å²) in [6, 6.07) is 3.94. The Kier molecular flexibility index (Phi) is 4.05. The molecule has 1 aromatic rings. The molecule has 0 saturated carbocycles. The highest BCUT2D eigenvalue weighted by Gasteiger charge is 2.40. The van der Waals surface area contributed by atoms with Gasteiger partial charge in [-0.05, 0) is 39.8 Å². The standard InChI is InChI=1S/C12H19BFNO3/c1-11(2,16)12(3,4)18-13(17)9-6-5-8(15)7-10(9)14/h5-7,16-17H,15H2,1-4H3. The zero-order valence-electron chi connectivity index (χ0n) is 11.1. The second kappa shape index (κ2) is 4.88. The van der Waals surface area contributed by atoms with Crippen LogP contribution in [0.2, 0.25) is 0 Å². The van der Waals surface area contributed by atoms with Gasteiger partial charge >= 0.3 is 7.12 Å². The van der Waals surface area contributed by atoms with E-state index >= 15 is 0 Å². The first-order chi connectivity index (χ1) is 8.04. The Morgan fingerprint density at radius 3 is 2.28 bits per heavy atom. The quantitative estimate of drug-likeness (QED) is 0.545. The van der Waals surface area contributed by atoms with E-state index in [1.807, 2.05) is 0 Å². The van der Waals surface area contributed by atoms with Gasteiger partial charge in [0.25, 0.3) is 0 Å². The molecule has 0 saturated heterocycles. The number of aliphatic hydroxyl groups is 1. The van der Waals surface area contributed by atoms with E-state index in [4.69, 9.17) is 10.4 Å². The molecular formula is C12H19BFNO3. The smallest absolute Gasteiger partial charge is 0.423 e. The Labute approximate surface area is 107 Å². The van der Waals surface area contributed by atoms with Crippen LogP contribution < -0.4 is 11.2 Å². The van der Waals surface area contributed by atoms with Crippen LogP contribution in [0.1, 0.15) is 27.7 Å². The van der Waals surface area contributed by atoms with E-state index in [0.717, 1.165) is 6.07 Å². The maximum atomic E-state index is 13.6. The van der Waals surface area contributed by atoms with Gasteiger partial charge in [0.1, 0.15) is 5.82 Å². The minimum atomic E-state index is -1.47. The lowest BCUT2D eigenvalue weighted by molar-refractivity contribution is -0.0983. The second-order valence-corrected chi connectivity index (χ2v) is 5.32. The number of hydrogen-bond donors (Lipinski definition) is 3. The van der Waals surface area contributed by atoms with E-state index in [0.29, 0.717) is 0 Å². The fourth-order valence-electron chi connectivity index (χ4n) is 1.23. The van der Waals surface area contributed by atoms with Gasteiger partial charge in [0.2, 0.25) is 0 Å². The first-order valence-corrected chi connectivity index (χ1v) is 5.68. The number of anilines is 1. The summed E-state index contributed by atoms with van der Waals surface area (Å²) < 4.78 is 18.9. The predicted octanol–water partition coefficient (Wildman–Crippen LogP) is 0.661. The van der Waals surface area contributed by atoms with Crippen LogP contribution in [0.4, 0.5) is 10.1 Å². The molecule has 18 heavy (non-hydrogen) atoms. The van der Waals surface area contributed by atoms with Crippen molar-refractivity contribution in [2.45, 2.75) is 38.9 Å². The van der Waals surface area contributed by atoms with Crippen LogP contribution in [0.25, 0.3) is 0 Å². The Bertz CT molecular complexity index is 432. The largest absolute Gasteiger partial charge is 0.494 e. The van der Waals surface area contributed by atoms with Gasteiger partial charge in [-0.15, -0.1) is 0 Å². The van der Waals surface area contributed by atoms with Crippen molar-refractivity contribution >= 4 is 18.3 Å². The molecule has 4 N–H and O–H groups in total. The second-order valence-electron chi connectivity index (χ2n) is 5.32. The zero-order valence-corrected chi connectivity index (χ0v) is 11.1. The number of rotatable bonds is 4. The average molecular weight is 255 g/mol. The van der Waals surface area contributed by atoms with E-state index in [9.17, 15) is 14.5 Å². The molecule has 0 aromatic heterocycles. The molecular weight excluding hydrogens is 236 g/mol. The lowest BCUT2D eigenvalue weighted by Gasteiger charge is -2.38. The maximum absolute atomic E-state index is 13.6. The lowest BCUT2D eigenvalue weighted by atomic mass is 9.76. The monoisotopic (exact) mass is 255 g/mol. The molecule has 100 valence electrons. The van der Waals surface area contributed by atoms with Crippen LogP contribution in [0.5, 0.6) is 0 Å². The summed E-state index contributed by atoms with van der Waals surface area (Å²) >= 11 is 0. The van der Waals surface area contributed by atoms with Crippen LogP contribution in [0.3, 0.4) is 0 Å². The highest BCUT2D eigenvalue weighted by atomic mass is 19.1. The van der Waals surface area contributed by atoms with E-state index in [1.54, 1.807) is 27.7 Å². The predicted molar refractivity (Wildman–Crippen MR) is 69.9 cm³/mol. The van der Waals surface area contributed by atoms with Crippen molar-refractivity contribution in [1.29, 1.82) is 0 Å². The van der Waals surface area contributed by atoms with Crippen molar-refractivity contribution in [2.24, 2.45) is 0 Å². The van der Waals surface area contributed by atoms with Crippen molar-refractivity contribution in [3.8, 4) is 0 Å². The highest BCUT2D eigenvalue weighted by Crippen LogP contribution is 2.25. The number of nitrogens with two attached hydrogens (primary N) is 1. The molecule has 4 nitrogen and oxygen atoms in total. The van der Waals surface area contributed by atoms with Gasteiger partial charge in [-0.2, -0.15) is 0 Å². The van der Waals surface area contributed by atoms with E-state index in [2.05, 4.69) is 0 Å². The summed E-state index contributed by atoms with van der Waals surface area (Å²) in [7, 11) is -1.47. The third-order valence-corrected chi connectivity index (χ3v) is 3.17. The molecule has 0 atom stereocenters. The van der Waals surface area contributed by atoms with Gasteiger partial charge in [-0.3, -0.25) is 0 Å². The minimum Gasteiger partial charge on any atom is -0.423 e. The van der Waals surface area contributed by atoms with Crippen molar-refractivity contribution in [1.82, 2.24) is 0 Å². The van der Waals surface area contributed by atoms with E-state index < -0.39 is 24.1 Å². The molecule has 0 aliphatic rings. The van der Waals surface area contributed by atoms with Crippen molar-refractivity contribution in [3.05, 3.63) is 24.0 Å². The first kappa shape index (κ1) is 15.0. The summed E-state index contributed by atoms with van der Waals surface area (Å²) in [6.07, 6.45) is 0. The Balaban J connectivity index is 2.92. The van der Waals surface area contributed by atoms with Crippen LogP contribution in [0, 0.1) is 5.82 Å². The molecule has 0 fully saturated rings. The van der Waals surface area contributed by atoms with E-state index in [-0.39, 0.29) is 11.2 Å². The summed E-state index contributed by atoms with van der Waals surface area (Å²) in [5.74, 6) is -0.644. The van der Waals surface area contributed by atoms with Crippen LogP contribution >= 0.6 is 0 Å². The van der Waals surface area contributed by atoms with Crippen LogP contribution in [0.15, 0.2) is 18.2 Å². The molecule has 0 heterocycles. The average Bonchev–Trinajstić information content (AvgIpc) is 2.14. The van der Waals surface area contributed by atoms with Gasteiger partial charge in [0.15, 0.2) is 0 Å². The number of halogens is 1. The molecule has 0 radical (unpaired) electrons. The number of hydrogen-bond acceptors (Lipinski definition) is 4. The molecule has 0 bridgehead atoms. The van der Waals surface area contributed by atoms with Gasteiger partial charge in [-0.25, -0.2) is 4.39 Å². The topological polar surface area (TPSA) is 75.7 Å². The van der Waals surface area contributed by atoms with Crippen molar-refractivity contribution in [3.63, 3.8) is 0 Å². The van der Waals surface area contributed by atoms with E-state index in [1.165, 1.54) is 12.1 Å². The number of nitrogen functional groups attached to an aromatic ring is 1. The Hall–Kier alpha value is -1.11. The first-order valence-electron chi connectivity index (χ1n) is 5.68.